The molecule has 0 unspecified atom stereocenters. The third-order valence-electron chi connectivity index (χ3n) is 9.21. The first-order chi connectivity index (χ1) is 23.8. The number of alkyl carbamates (subject to hydrolysis) is 1. The molecule has 1 aliphatic heterocycles. The van der Waals surface area contributed by atoms with Gasteiger partial charge in [0.05, 0.1) is 23.1 Å². The quantitative estimate of drug-likeness (QED) is 0.184. The molecule has 0 bridgehead atoms. The zero-order valence-corrected chi connectivity index (χ0v) is 30.3. The van der Waals surface area contributed by atoms with Gasteiger partial charge >= 0.3 is 12.2 Å². The van der Waals surface area contributed by atoms with Crippen molar-refractivity contribution < 1.29 is 19.1 Å². The zero-order valence-electron chi connectivity index (χ0n) is 30.3. The summed E-state index contributed by atoms with van der Waals surface area (Å²) in [5.41, 5.74) is 6.98. The minimum Gasteiger partial charge on any atom is -0.444 e. The van der Waals surface area contributed by atoms with Crippen LogP contribution in [0.25, 0.3) is 22.3 Å². The van der Waals surface area contributed by atoms with Gasteiger partial charge in [0.1, 0.15) is 22.6 Å². The van der Waals surface area contributed by atoms with Crippen LogP contribution < -0.4 is 5.32 Å². The fraction of sp³-hybridized carbons (Fsp3) is 0.500. The first-order valence-electron chi connectivity index (χ1n) is 17.9. The highest BCUT2D eigenvalue weighted by molar-refractivity contribution is 5.78. The molecule has 2 aromatic heterocycles. The van der Waals surface area contributed by atoms with Crippen LogP contribution >= 0.6 is 0 Å². The van der Waals surface area contributed by atoms with E-state index in [0.717, 1.165) is 105 Å². The van der Waals surface area contributed by atoms with Gasteiger partial charge in [-0.3, -0.25) is 0 Å². The molecule has 50 heavy (non-hydrogen) atoms. The van der Waals surface area contributed by atoms with Crippen LogP contribution in [0.5, 0.6) is 0 Å². The van der Waals surface area contributed by atoms with Gasteiger partial charge in [-0.15, -0.1) is 0 Å². The van der Waals surface area contributed by atoms with Gasteiger partial charge < -0.3 is 29.7 Å². The number of ether oxygens (including phenoxy) is 2. The van der Waals surface area contributed by atoms with Crippen molar-refractivity contribution in [2.75, 3.05) is 13.1 Å². The molecule has 0 atom stereocenters. The summed E-state index contributed by atoms with van der Waals surface area (Å²) < 4.78 is 10.8. The molecule has 3 heterocycles. The van der Waals surface area contributed by atoms with Gasteiger partial charge in [0.2, 0.25) is 0 Å². The number of nitrogens with zero attached hydrogens (tertiary/aromatic N) is 3. The number of likely N-dealkylation sites (tertiary alicyclic amines) is 1. The van der Waals surface area contributed by atoms with E-state index in [9.17, 15) is 9.59 Å². The fourth-order valence-electron chi connectivity index (χ4n) is 6.87. The standard InChI is InChI=1S/C31H33N5O2.C9H17NO2/c1-30(2,3)38-29(37)36-31(15-5-4-6-16-31)28-34-24-13-10-21(18-26(24)35-28)8-7-20-9-12-23-22(17-20)11-14-25-27(23)33-19-32-25;1-9(2,3)12-8(11)10-6-4-5-7-10/h9-10,12-13,17-19H,4-6,11,14-16H2,1-3H3,(H,32,33)(H,34,35)(H,36,37);4-7H2,1-3H3. The second-order valence-corrected chi connectivity index (χ2v) is 15.6. The molecular weight excluding hydrogens is 628 g/mol. The van der Waals surface area contributed by atoms with Gasteiger partial charge in [-0.2, -0.15) is 0 Å². The number of aromatic nitrogens is 4. The van der Waals surface area contributed by atoms with E-state index in [2.05, 4.69) is 50.3 Å². The van der Waals surface area contributed by atoms with Gasteiger partial charge in [0.25, 0.3) is 0 Å². The van der Waals surface area contributed by atoms with Crippen LogP contribution in [0, 0.1) is 11.8 Å². The van der Waals surface area contributed by atoms with Crippen LogP contribution in [0.15, 0.2) is 42.7 Å². The van der Waals surface area contributed by atoms with Gasteiger partial charge in [0.15, 0.2) is 0 Å². The Labute approximate surface area is 295 Å². The van der Waals surface area contributed by atoms with E-state index in [-0.39, 0.29) is 11.7 Å². The molecule has 10 heteroatoms. The van der Waals surface area contributed by atoms with Gasteiger partial charge in [0, 0.05) is 35.5 Å². The molecule has 3 aliphatic rings. The number of nitrogens with one attached hydrogen (secondary N) is 3. The second-order valence-electron chi connectivity index (χ2n) is 15.6. The Bertz CT molecular complexity index is 1900. The van der Waals surface area contributed by atoms with E-state index in [0.29, 0.717) is 0 Å². The number of H-pyrrole nitrogens is 2. The molecule has 0 spiro atoms. The number of hydrogen-bond donors (Lipinski definition) is 3. The Morgan fingerprint density at radius 3 is 2.24 bits per heavy atom. The minimum atomic E-state index is -0.554. The molecule has 0 radical (unpaired) electrons. The molecule has 1 saturated carbocycles. The van der Waals surface area contributed by atoms with E-state index in [4.69, 9.17) is 14.5 Å². The van der Waals surface area contributed by atoms with Crippen molar-refractivity contribution in [3.8, 4) is 23.1 Å². The van der Waals surface area contributed by atoms with Crippen molar-refractivity contribution in [2.24, 2.45) is 0 Å². The van der Waals surface area contributed by atoms with E-state index in [1.165, 1.54) is 16.8 Å². The molecule has 1 saturated heterocycles. The number of rotatable bonds is 2. The lowest BCUT2D eigenvalue weighted by Gasteiger charge is -2.36. The molecule has 10 nitrogen and oxygen atoms in total. The molecular formula is C40H50N6O4. The molecule has 4 aromatic rings. The fourth-order valence-corrected chi connectivity index (χ4v) is 6.87. The normalized spacial score (nSPS) is 16.6. The second kappa shape index (κ2) is 14.2. The maximum atomic E-state index is 12.7. The van der Waals surface area contributed by atoms with Crippen molar-refractivity contribution in [2.45, 2.75) is 116 Å². The van der Waals surface area contributed by atoms with Gasteiger partial charge in [-0.1, -0.05) is 37.2 Å². The van der Waals surface area contributed by atoms with Crippen LogP contribution in [0.4, 0.5) is 9.59 Å². The van der Waals surface area contributed by atoms with E-state index in [1.54, 1.807) is 11.2 Å². The minimum absolute atomic E-state index is 0.167. The van der Waals surface area contributed by atoms with Crippen LogP contribution in [0.1, 0.15) is 115 Å². The number of carbonyl (C=O) groups is 2. The third kappa shape index (κ3) is 8.50. The zero-order chi connectivity index (χ0) is 35.5. The van der Waals surface area contributed by atoms with E-state index in [1.807, 2.05) is 59.7 Å². The first kappa shape index (κ1) is 35.1. The Kier molecular flexibility index (Phi) is 9.97. The lowest BCUT2D eigenvalue weighted by molar-refractivity contribution is 0.0294. The Hall–Kier alpha value is -4.78. The average Bonchev–Trinajstić information content (AvgIpc) is 3.84. The Morgan fingerprint density at radius 1 is 0.860 bits per heavy atom. The summed E-state index contributed by atoms with van der Waals surface area (Å²) in [6, 6.07) is 12.4. The predicted molar refractivity (Wildman–Crippen MR) is 195 cm³/mol. The molecule has 7 rings (SSSR count). The van der Waals surface area contributed by atoms with Crippen molar-refractivity contribution in [3.05, 3.63) is 70.9 Å². The maximum Gasteiger partial charge on any atom is 0.410 e. The summed E-state index contributed by atoms with van der Waals surface area (Å²) >= 11 is 0. The summed E-state index contributed by atoms with van der Waals surface area (Å²) in [7, 11) is 0. The number of carbonyl (C=O) groups excluding carboxylic acids is 2. The molecule has 2 fully saturated rings. The Balaban J connectivity index is 0.000000306. The molecule has 2 amide bonds. The number of fused-ring (bicyclic) bond motifs is 4. The first-order valence-corrected chi connectivity index (χ1v) is 17.9. The average molecular weight is 679 g/mol. The number of aromatic amines is 2. The summed E-state index contributed by atoms with van der Waals surface area (Å²) in [4.78, 5) is 42.0. The topological polar surface area (TPSA) is 125 Å². The molecule has 3 N–H and O–H groups in total. The SMILES string of the molecule is CC(C)(C)OC(=O)N1CCCC1.CC(C)(C)OC(=O)NC1(c2nc3ccc(C#Cc4ccc5c(c4)CCc4[nH]cnc4-5)cc3[nH]2)CCCCC1. The highest BCUT2D eigenvalue weighted by atomic mass is 16.6. The lowest BCUT2D eigenvalue weighted by Crippen LogP contribution is -2.49. The van der Waals surface area contributed by atoms with Gasteiger partial charge in [-0.25, -0.2) is 19.6 Å². The number of hydrogen-bond acceptors (Lipinski definition) is 6. The van der Waals surface area contributed by atoms with Gasteiger partial charge in [-0.05, 0) is 116 Å². The number of amides is 2. The smallest absolute Gasteiger partial charge is 0.410 e. The van der Waals surface area contributed by atoms with Crippen LogP contribution in [-0.4, -0.2) is 61.3 Å². The highest BCUT2D eigenvalue weighted by Gasteiger charge is 2.39. The lowest BCUT2D eigenvalue weighted by atomic mass is 9.81. The predicted octanol–water partition coefficient (Wildman–Crippen LogP) is 8.15. The molecule has 2 aliphatic carbocycles. The van der Waals surface area contributed by atoms with Crippen LogP contribution in [0.2, 0.25) is 0 Å². The monoisotopic (exact) mass is 678 g/mol. The summed E-state index contributed by atoms with van der Waals surface area (Å²) in [5, 5.41) is 3.17. The summed E-state index contributed by atoms with van der Waals surface area (Å²) in [6.07, 6.45) is 10.3. The van der Waals surface area contributed by atoms with Crippen molar-refractivity contribution in [1.29, 1.82) is 0 Å². The maximum absolute atomic E-state index is 12.7. The van der Waals surface area contributed by atoms with Crippen LogP contribution in [-0.2, 0) is 27.9 Å². The third-order valence-corrected chi connectivity index (χ3v) is 9.21. The number of imidazole rings is 2. The number of aryl methyl sites for hydroxylation is 2. The van der Waals surface area contributed by atoms with Crippen molar-refractivity contribution in [1.82, 2.24) is 30.2 Å². The highest BCUT2D eigenvalue weighted by Crippen LogP contribution is 2.37. The van der Waals surface area contributed by atoms with Crippen LogP contribution in [0.3, 0.4) is 0 Å². The van der Waals surface area contributed by atoms with E-state index >= 15 is 0 Å². The van der Waals surface area contributed by atoms with Crippen molar-refractivity contribution in [3.63, 3.8) is 0 Å². The van der Waals surface area contributed by atoms with Crippen molar-refractivity contribution >= 4 is 23.2 Å². The summed E-state index contributed by atoms with van der Waals surface area (Å²) in [5.74, 6) is 7.44. The Morgan fingerprint density at radius 2 is 1.54 bits per heavy atom. The largest absolute Gasteiger partial charge is 0.444 e. The molecule has 2 aromatic carbocycles. The molecule has 264 valence electrons. The number of benzene rings is 2. The van der Waals surface area contributed by atoms with E-state index < -0.39 is 17.2 Å². The summed E-state index contributed by atoms with van der Waals surface area (Å²) in [6.45, 7) is 13.0.